The smallest absolute Gasteiger partial charge is 0.319 e. The molecule has 2 aromatic rings. The lowest BCUT2D eigenvalue weighted by atomic mass is 9.93. The molecule has 1 unspecified atom stereocenters. The van der Waals surface area contributed by atoms with E-state index in [1.807, 2.05) is 13.2 Å². The number of nitrogens with one attached hydrogen (secondary N) is 2. The van der Waals surface area contributed by atoms with Crippen molar-refractivity contribution in [3.8, 4) is 0 Å². The van der Waals surface area contributed by atoms with Gasteiger partial charge in [0.05, 0.1) is 23.7 Å². The molecule has 4 rings (SSSR count). The molecule has 2 amide bonds. The van der Waals surface area contributed by atoms with Gasteiger partial charge in [-0.15, -0.1) is 0 Å². The standard InChI is InChI=1S/C18H23N5O3S/c1-22-11-13-15(5-3-7-16(13)21-22)20-18(24)19-14-6-4-8-17-12(14)9-10-23(17)27(2,25)26/h4,6,8,11,15H,3,5,7,9-10H2,1-2H3,(H2,19,20,24). The van der Waals surface area contributed by atoms with E-state index in [9.17, 15) is 13.2 Å². The van der Waals surface area contributed by atoms with Crippen molar-refractivity contribution in [3.05, 3.63) is 41.2 Å². The highest BCUT2D eigenvalue weighted by molar-refractivity contribution is 7.92. The van der Waals surface area contributed by atoms with Gasteiger partial charge in [-0.1, -0.05) is 6.07 Å². The normalized spacial score (nSPS) is 18.7. The molecule has 1 aliphatic heterocycles. The maximum atomic E-state index is 12.6. The van der Waals surface area contributed by atoms with Gasteiger partial charge in [0.15, 0.2) is 0 Å². The number of aryl methyl sites for hydroxylation is 2. The molecule has 1 aromatic carbocycles. The van der Waals surface area contributed by atoms with E-state index in [-0.39, 0.29) is 12.1 Å². The molecule has 0 radical (unpaired) electrons. The Kier molecular flexibility index (Phi) is 4.33. The Hall–Kier alpha value is -2.55. The summed E-state index contributed by atoms with van der Waals surface area (Å²) in [5, 5.41) is 10.4. The molecule has 0 saturated heterocycles. The number of urea groups is 1. The van der Waals surface area contributed by atoms with Gasteiger partial charge in [0, 0.05) is 36.6 Å². The van der Waals surface area contributed by atoms with Gasteiger partial charge in [0.2, 0.25) is 10.0 Å². The Morgan fingerprint density at radius 1 is 1.30 bits per heavy atom. The fourth-order valence-corrected chi connectivity index (χ4v) is 4.95. The van der Waals surface area contributed by atoms with Gasteiger partial charge in [0.25, 0.3) is 0 Å². The summed E-state index contributed by atoms with van der Waals surface area (Å²) in [6.45, 7) is 0.399. The van der Waals surface area contributed by atoms with Gasteiger partial charge in [-0.25, -0.2) is 13.2 Å². The summed E-state index contributed by atoms with van der Waals surface area (Å²) < 4.78 is 27.0. The van der Waals surface area contributed by atoms with Crippen molar-refractivity contribution >= 4 is 27.4 Å². The van der Waals surface area contributed by atoms with Gasteiger partial charge < -0.3 is 10.6 Å². The topological polar surface area (TPSA) is 96.3 Å². The zero-order chi connectivity index (χ0) is 19.2. The number of rotatable bonds is 3. The number of fused-ring (bicyclic) bond motifs is 2. The second kappa shape index (κ2) is 6.56. The summed E-state index contributed by atoms with van der Waals surface area (Å²) in [5.74, 6) is 0. The number of anilines is 2. The average Bonchev–Trinajstić information content (AvgIpc) is 3.18. The van der Waals surface area contributed by atoms with E-state index in [1.54, 1.807) is 22.9 Å². The van der Waals surface area contributed by atoms with Crippen molar-refractivity contribution in [2.45, 2.75) is 31.7 Å². The zero-order valence-electron chi connectivity index (χ0n) is 15.4. The van der Waals surface area contributed by atoms with Crippen molar-refractivity contribution in [2.75, 3.05) is 22.4 Å². The van der Waals surface area contributed by atoms with Crippen LogP contribution < -0.4 is 14.9 Å². The van der Waals surface area contributed by atoms with Gasteiger partial charge in [-0.3, -0.25) is 8.99 Å². The average molecular weight is 389 g/mol. The largest absolute Gasteiger partial charge is 0.331 e. The van der Waals surface area contributed by atoms with Crippen molar-refractivity contribution in [3.63, 3.8) is 0 Å². The monoisotopic (exact) mass is 389 g/mol. The Morgan fingerprint density at radius 2 is 2.11 bits per heavy atom. The number of sulfonamides is 1. The van der Waals surface area contributed by atoms with Crippen molar-refractivity contribution in [2.24, 2.45) is 7.05 Å². The Bertz CT molecular complexity index is 998. The summed E-state index contributed by atoms with van der Waals surface area (Å²) in [5.41, 5.74) is 4.25. The number of carbonyl (C=O) groups is 1. The third-order valence-corrected chi connectivity index (χ3v) is 6.34. The van der Waals surface area contributed by atoms with Crippen LogP contribution in [0.1, 0.15) is 35.7 Å². The molecule has 1 aromatic heterocycles. The fourth-order valence-electron chi connectivity index (χ4n) is 4.00. The first-order valence-electron chi connectivity index (χ1n) is 9.02. The van der Waals surface area contributed by atoms with Crippen LogP contribution in [0.5, 0.6) is 0 Å². The van der Waals surface area contributed by atoms with Crippen LogP contribution in [-0.4, -0.2) is 37.0 Å². The highest BCUT2D eigenvalue weighted by atomic mass is 32.2. The van der Waals surface area contributed by atoms with Crippen molar-refractivity contribution in [1.29, 1.82) is 0 Å². The molecule has 0 saturated carbocycles. The number of hydrogen-bond donors (Lipinski definition) is 2. The lowest BCUT2D eigenvalue weighted by molar-refractivity contribution is 0.247. The maximum absolute atomic E-state index is 12.6. The number of aromatic nitrogens is 2. The van der Waals surface area contributed by atoms with E-state index in [2.05, 4.69) is 15.7 Å². The minimum absolute atomic E-state index is 0.0632. The first kappa shape index (κ1) is 17.8. The molecule has 1 atom stereocenters. The number of benzene rings is 1. The molecule has 2 aliphatic rings. The lowest BCUT2D eigenvalue weighted by Crippen LogP contribution is -2.34. The van der Waals surface area contributed by atoms with E-state index in [0.717, 1.165) is 36.1 Å². The van der Waals surface area contributed by atoms with Gasteiger partial charge in [0.1, 0.15) is 0 Å². The quantitative estimate of drug-likeness (QED) is 0.838. The van der Waals surface area contributed by atoms with E-state index < -0.39 is 10.0 Å². The molecule has 2 N–H and O–H groups in total. The molecule has 1 aliphatic carbocycles. The summed E-state index contributed by atoms with van der Waals surface area (Å²) in [4.78, 5) is 12.6. The second-order valence-corrected chi connectivity index (χ2v) is 9.04. The van der Waals surface area contributed by atoms with Crippen LogP contribution in [0.25, 0.3) is 0 Å². The molecule has 27 heavy (non-hydrogen) atoms. The van der Waals surface area contributed by atoms with Crippen LogP contribution in [-0.2, 0) is 29.9 Å². The van der Waals surface area contributed by atoms with Crippen LogP contribution >= 0.6 is 0 Å². The first-order chi connectivity index (χ1) is 12.8. The van der Waals surface area contributed by atoms with E-state index in [1.165, 1.54) is 10.6 Å². The second-order valence-electron chi connectivity index (χ2n) is 7.14. The zero-order valence-corrected chi connectivity index (χ0v) is 16.2. The minimum Gasteiger partial charge on any atom is -0.331 e. The van der Waals surface area contributed by atoms with Gasteiger partial charge >= 0.3 is 6.03 Å². The molecule has 9 heteroatoms. The Morgan fingerprint density at radius 3 is 2.89 bits per heavy atom. The molecule has 144 valence electrons. The molecular formula is C18H23N5O3S. The third-order valence-electron chi connectivity index (χ3n) is 5.16. The molecule has 0 spiro atoms. The highest BCUT2D eigenvalue weighted by Crippen LogP contribution is 2.35. The van der Waals surface area contributed by atoms with Crippen molar-refractivity contribution in [1.82, 2.24) is 15.1 Å². The maximum Gasteiger partial charge on any atom is 0.319 e. The van der Waals surface area contributed by atoms with Gasteiger partial charge in [-0.05, 0) is 37.8 Å². The Balaban J connectivity index is 1.51. The molecule has 8 nitrogen and oxygen atoms in total. The van der Waals surface area contributed by atoms with Crippen LogP contribution in [0, 0.1) is 0 Å². The highest BCUT2D eigenvalue weighted by Gasteiger charge is 2.29. The number of nitrogens with zero attached hydrogens (tertiary/aromatic N) is 3. The van der Waals surface area contributed by atoms with E-state index >= 15 is 0 Å². The summed E-state index contributed by atoms with van der Waals surface area (Å²) in [6, 6.07) is 4.99. The van der Waals surface area contributed by atoms with Crippen LogP contribution in [0.4, 0.5) is 16.2 Å². The lowest BCUT2D eigenvalue weighted by Gasteiger charge is -2.23. The van der Waals surface area contributed by atoms with Crippen LogP contribution in [0.2, 0.25) is 0 Å². The Labute approximate surface area is 158 Å². The number of amides is 2. The van der Waals surface area contributed by atoms with Gasteiger partial charge in [-0.2, -0.15) is 5.10 Å². The molecule has 0 bridgehead atoms. The molecular weight excluding hydrogens is 366 g/mol. The predicted molar refractivity (Wildman–Crippen MR) is 103 cm³/mol. The van der Waals surface area contributed by atoms with Crippen LogP contribution in [0.15, 0.2) is 24.4 Å². The summed E-state index contributed by atoms with van der Waals surface area (Å²) in [6.07, 6.45) is 6.53. The first-order valence-corrected chi connectivity index (χ1v) is 10.9. The minimum atomic E-state index is -3.32. The SMILES string of the molecule is Cn1cc2c(n1)CCCC2NC(=O)Nc1cccc2c1CCN2S(C)(=O)=O. The van der Waals surface area contributed by atoms with Crippen molar-refractivity contribution < 1.29 is 13.2 Å². The molecule has 0 fully saturated rings. The van der Waals surface area contributed by atoms with Crippen LogP contribution in [0.3, 0.4) is 0 Å². The summed E-state index contributed by atoms with van der Waals surface area (Å²) in [7, 11) is -1.43. The summed E-state index contributed by atoms with van der Waals surface area (Å²) >= 11 is 0. The number of hydrogen-bond acceptors (Lipinski definition) is 4. The predicted octanol–water partition coefficient (Wildman–Crippen LogP) is 1.94. The third kappa shape index (κ3) is 3.39. The van der Waals surface area contributed by atoms with E-state index in [4.69, 9.17) is 0 Å². The number of carbonyl (C=O) groups excluding carboxylic acids is 1. The molecule has 2 heterocycles. The van der Waals surface area contributed by atoms with E-state index in [0.29, 0.717) is 24.3 Å². The fraction of sp³-hybridized carbons (Fsp3) is 0.444.